The second-order valence-electron chi connectivity index (χ2n) is 8.87. The monoisotopic (exact) mass is 499 g/mol. The lowest BCUT2D eigenvalue weighted by Crippen LogP contribution is -2.45. The number of aromatic amines is 1. The van der Waals surface area contributed by atoms with Gasteiger partial charge in [-0.25, -0.2) is 9.37 Å². The highest BCUT2D eigenvalue weighted by Crippen LogP contribution is 2.24. The molecule has 188 valence electrons. The van der Waals surface area contributed by atoms with Gasteiger partial charge in [-0.1, -0.05) is 36.1 Å². The molecule has 1 aliphatic heterocycles. The molecule has 4 rings (SSSR count). The Hall–Kier alpha value is -4.47. The Balaban J connectivity index is 1.42. The number of alkyl halides is 1. The molecule has 3 aromatic rings. The largest absolute Gasteiger partial charge is 0.502 e. The van der Waals surface area contributed by atoms with Crippen molar-refractivity contribution in [1.82, 2.24) is 20.2 Å². The van der Waals surface area contributed by atoms with Crippen LogP contribution < -0.4 is 10.9 Å². The summed E-state index contributed by atoms with van der Waals surface area (Å²) in [6.45, 7) is 1.56. The molecule has 1 atom stereocenters. The summed E-state index contributed by atoms with van der Waals surface area (Å²) >= 11 is 0. The average Bonchev–Trinajstić information content (AvgIpc) is 2.89. The number of amides is 1. The minimum Gasteiger partial charge on any atom is -0.502 e. The van der Waals surface area contributed by atoms with E-state index < -0.39 is 29.8 Å². The Bertz CT molecular complexity index is 1400. The van der Waals surface area contributed by atoms with E-state index in [1.54, 1.807) is 0 Å². The van der Waals surface area contributed by atoms with Crippen LogP contribution in [0.5, 0.6) is 5.75 Å². The molecule has 1 fully saturated rings. The second-order valence-corrected chi connectivity index (χ2v) is 8.87. The number of carbonyl (C=O) groups is 1. The lowest BCUT2D eigenvalue weighted by Gasteiger charge is -2.35. The summed E-state index contributed by atoms with van der Waals surface area (Å²) < 4.78 is 12.6. The van der Waals surface area contributed by atoms with Gasteiger partial charge in [-0.05, 0) is 41.8 Å². The molecule has 3 N–H and O–H groups in total. The predicted octanol–water partition coefficient (Wildman–Crippen LogP) is 2.24. The van der Waals surface area contributed by atoms with E-state index in [0.717, 1.165) is 42.7 Å². The number of benzene rings is 2. The van der Waals surface area contributed by atoms with Gasteiger partial charge in [0.2, 0.25) is 11.7 Å². The molecule has 9 heteroatoms. The molecule has 0 spiro atoms. The molecule has 1 saturated heterocycles. The average molecular weight is 500 g/mol. The highest BCUT2D eigenvalue weighted by atomic mass is 19.1. The summed E-state index contributed by atoms with van der Waals surface area (Å²) in [7, 11) is 0. The van der Waals surface area contributed by atoms with E-state index in [4.69, 9.17) is 5.26 Å². The zero-order valence-corrected chi connectivity index (χ0v) is 20.1. The number of likely N-dealkylation sites (tertiary alicyclic amines) is 1. The van der Waals surface area contributed by atoms with E-state index >= 15 is 0 Å². The van der Waals surface area contributed by atoms with Crippen LogP contribution in [-0.4, -0.2) is 52.2 Å². The van der Waals surface area contributed by atoms with Crippen molar-refractivity contribution in [3.8, 4) is 23.7 Å². The van der Waals surface area contributed by atoms with Crippen LogP contribution in [0.15, 0.2) is 59.7 Å². The van der Waals surface area contributed by atoms with E-state index in [2.05, 4.69) is 38.1 Å². The van der Waals surface area contributed by atoms with Crippen molar-refractivity contribution < 1.29 is 14.3 Å². The molecular formula is C28H26FN5O3. The molecule has 37 heavy (non-hydrogen) atoms. The summed E-state index contributed by atoms with van der Waals surface area (Å²) in [4.78, 5) is 32.9. The van der Waals surface area contributed by atoms with Crippen LogP contribution in [-0.2, 0) is 17.8 Å². The van der Waals surface area contributed by atoms with Gasteiger partial charge in [-0.15, -0.1) is 0 Å². The number of H-pyrrole nitrogens is 1. The molecule has 0 bridgehead atoms. The fraction of sp³-hybridized carbons (Fsp3) is 0.286. The van der Waals surface area contributed by atoms with Crippen LogP contribution >= 0.6 is 0 Å². The van der Waals surface area contributed by atoms with Gasteiger partial charge in [-0.3, -0.25) is 14.5 Å². The van der Waals surface area contributed by atoms with Crippen molar-refractivity contribution in [2.45, 2.75) is 18.9 Å². The van der Waals surface area contributed by atoms with Crippen molar-refractivity contribution in [2.75, 3.05) is 26.3 Å². The van der Waals surface area contributed by atoms with Gasteiger partial charge in [0.25, 0.3) is 5.56 Å². The van der Waals surface area contributed by atoms with Gasteiger partial charge in [0.15, 0.2) is 0 Å². The summed E-state index contributed by atoms with van der Waals surface area (Å²) in [6.07, 6.45) is 1.27. The Morgan fingerprint density at radius 1 is 1.14 bits per heavy atom. The first-order chi connectivity index (χ1) is 18.0. The molecular weight excluding hydrogens is 473 g/mol. The topological polar surface area (TPSA) is 122 Å². The molecule has 0 aliphatic carbocycles. The smallest absolute Gasteiger partial charge is 0.293 e. The van der Waals surface area contributed by atoms with E-state index in [1.165, 1.54) is 5.56 Å². The number of hydrogen-bond donors (Lipinski definition) is 3. The van der Waals surface area contributed by atoms with E-state index in [9.17, 15) is 19.1 Å². The minimum atomic E-state index is -0.966. The molecule has 1 unspecified atom stereocenters. The third-order valence-electron chi connectivity index (χ3n) is 6.14. The van der Waals surface area contributed by atoms with Crippen molar-refractivity contribution in [2.24, 2.45) is 5.92 Å². The molecule has 2 aromatic carbocycles. The Morgan fingerprint density at radius 2 is 1.76 bits per heavy atom. The maximum absolute atomic E-state index is 12.6. The maximum Gasteiger partial charge on any atom is 0.293 e. The normalized spacial score (nSPS) is 14.1. The lowest BCUT2D eigenvalue weighted by atomic mass is 9.94. The summed E-state index contributed by atoms with van der Waals surface area (Å²) in [6, 6.07) is 17.6. The quantitative estimate of drug-likeness (QED) is 0.409. The van der Waals surface area contributed by atoms with Crippen molar-refractivity contribution in [3.05, 3.63) is 93.2 Å². The molecule has 8 nitrogen and oxygen atoms in total. The number of aromatic nitrogens is 2. The van der Waals surface area contributed by atoms with Gasteiger partial charge >= 0.3 is 0 Å². The van der Waals surface area contributed by atoms with Gasteiger partial charge in [0, 0.05) is 37.3 Å². The van der Waals surface area contributed by atoms with Crippen LogP contribution in [0.25, 0.3) is 0 Å². The zero-order valence-electron chi connectivity index (χ0n) is 20.1. The van der Waals surface area contributed by atoms with Gasteiger partial charge in [0.05, 0.1) is 24.2 Å². The lowest BCUT2D eigenvalue weighted by molar-refractivity contribution is -0.122. The number of hydrogen-bond acceptors (Lipinski definition) is 6. The third-order valence-corrected chi connectivity index (χ3v) is 6.14. The predicted molar refractivity (Wildman–Crippen MR) is 135 cm³/mol. The molecule has 2 heterocycles. The SMILES string of the molecule is N#CC1CN(Cc2ccc(C#Cc3ccc(CC(C(=O)NCCF)c4nc[nH]c(=O)c4O)cc3)cc2)C1. The first kappa shape index (κ1) is 25.6. The first-order valence-electron chi connectivity index (χ1n) is 11.9. The Labute approximate surface area is 213 Å². The summed E-state index contributed by atoms with van der Waals surface area (Å²) in [5.41, 5.74) is 2.79. The fourth-order valence-electron chi connectivity index (χ4n) is 4.10. The maximum atomic E-state index is 12.6. The van der Waals surface area contributed by atoms with Crippen LogP contribution in [0.1, 0.15) is 33.9 Å². The standard InChI is InChI=1S/C28H26FN5O3/c29-11-12-31-27(36)24(25-26(35)28(37)33-18-32-25)13-21-7-3-19(4-8-21)1-2-20-5-9-22(10-6-20)15-34-16-23(14-30)17-34/h3-10,18,23-24,35H,11-13,15-17H2,(H,31,36)(H,32,33,37). The highest BCUT2D eigenvalue weighted by Gasteiger charge is 2.27. The second kappa shape index (κ2) is 12.0. The minimum absolute atomic E-state index is 0.0635. The highest BCUT2D eigenvalue weighted by molar-refractivity contribution is 5.84. The Kier molecular flexibility index (Phi) is 8.29. The number of nitrogens with one attached hydrogen (secondary N) is 2. The van der Waals surface area contributed by atoms with Crippen molar-refractivity contribution in [3.63, 3.8) is 0 Å². The number of nitriles is 1. The van der Waals surface area contributed by atoms with E-state index in [-0.39, 0.29) is 24.6 Å². The summed E-state index contributed by atoms with van der Waals surface area (Å²) in [5.74, 6) is 4.28. The number of aromatic hydroxyl groups is 1. The van der Waals surface area contributed by atoms with Gasteiger partial charge < -0.3 is 15.4 Å². The first-order valence-corrected chi connectivity index (χ1v) is 11.9. The van der Waals surface area contributed by atoms with Gasteiger partial charge in [-0.2, -0.15) is 5.26 Å². The number of halogens is 1. The zero-order chi connectivity index (χ0) is 26.2. The van der Waals surface area contributed by atoms with Crippen LogP contribution in [0.4, 0.5) is 4.39 Å². The van der Waals surface area contributed by atoms with E-state index in [1.807, 2.05) is 48.5 Å². The van der Waals surface area contributed by atoms with Crippen LogP contribution in [0.3, 0.4) is 0 Å². The summed E-state index contributed by atoms with van der Waals surface area (Å²) in [5, 5.41) is 21.5. The third kappa shape index (κ3) is 6.60. The fourth-order valence-corrected chi connectivity index (χ4v) is 4.10. The molecule has 1 aliphatic rings. The van der Waals surface area contributed by atoms with Crippen molar-refractivity contribution >= 4 is 5.91 Å². The van der Waals surface area contributed by atoms with E-state index in [0.29, 0.717) is 0 Å². The van der Waals surface area contributed by atoms with Gasteiger partial charge in [0.1, 0.15) is 12.4 Å². The molecule has 0 saturated carbocycles. The number of rotatable bonds is 8. The van der Waals surface area contributed by atoms with Crippen molar-refractivity contribution in [1.29, 1.82) is 5.26 Å². The number of nitrogens with zero attached hydrogens (tertiary/aromatic N) is 3. The van der Waals surface area contributed by atoms with Crippen LogP contribution in [0, 0.1) is 29.1 Å². The molecule has 1 amide bonds. The Morgan fingerprint density at radius 3 is 2.35 bits per heavy atom. The molecule has 0 radical (unpaired) electrons. The number of carbonyl (C=O) groups excluding carboxylic acids is 1. The van der Waals surface area contributed by atoms with Crippen LogP contribution in [0.2, 0.25) is 0 Å². The molecule has 1 aromatic heterocycles.